The van der Waals surface area contributed by atoms with Crippen LogP contribution in [-0.4, -0.2) is 47.6 Å². The Kier molecular flexibility index (Phi) is 6.54. The van der Waals surface area contributed by atoms with E-state index in [1.165, 1.54) is 6.92 Å². The first-order chi connectivity index (χ1) is 13.5. The number of nitrogens with zero attached hydrogens (tertiary/aromatic N) is 2. The van der Waals surface area contributed by atoms with E-state index in [0.717, 1.165) is 5.56 Å². The van der Waals surface area contributed by atoms with Gasteiger partial charge in [0.05, 0.1) is 23.4 Å². The third-order valence-electron chi connectivity index (χ3n) is 4.80. The monoisotopic (exact) mass is 402 g/mol. The molecule has 0 saturated carbocycles. The number of ether oxygens (including phenoxy) is 1. The molecule has 6 nitrogen and oxygen atoms in total. The van der Waals surface area contributed by atoms with Crippen LogP contribution in [0, 0.1) is 0 Å². The summed E-state index contributed by atoms with van der Waals surface area (Å²) in [5.74, 6) is 0.340. The third kappa shape index (κ3) is 4.64. The van der Waals surface area contributed by atoms with E-state index in [4.69, 9.17) is 21.4 Å². The van der Waals surface area contributed by atoms with Crippen molar-refractivity contribution in [2.45, 2.75) is 26.0 Å². The molecule has 1 fully saturated rings. The molecule has 1 N–H and O–H groups in total. The number of hydrogen-bond acceptors (Lipinski definition) is 4. The molecule has 0 bridgehead atoms. The standard InChI is InChI=1S/C21H23ClN2O4/c1-15(26)24(20-5-3-2-4-19(20)22)17-10-11-23(12-17)21(27)14-28-18-8-6-16(13-25)7-9-18/h2-9,17,25H,10-14H2,1H3. The summed E-state index contributed by atoms with van der Waals surface area (Å²) in [6.07, 6.45) is 0.682. The molecule has 0 spiro atoms. The zero-order valence-corrected chi connectivity index (χ0v) is 16.4. The van der Waals surface area contributed by atoms with Gasteiger partial charge in [-0.3, -0.25) is 9.59 Å². The van der Waals surface area contributed by atoms with Crippen LogP contribution in [-0.2, 0) is 16.2 Å². The quantitative estimate of drug-likeness (QED) is 0.806. The van der Waals surface area contributed by atoms with E-state index in [2.05, 4.69) is 0 Å². The molecule has 2 amide bonds. The molecular formula is C21H23ClN2O4. The van der Waals surface area contributed by atoms with Crippen molar-refractivity contribution in [2.75, 3.05) is 24.6 Å². The predicted molar refractivity (Wildman–Crippen MR) is 107 cm³/mol. The SMILES string of the molecule is CC(=O)N(c1ccccc1Cl)C1CCN(C(=O)COc2ccc(CO)cc2)C1. The van der Waals surface area contributed by atoms with E-state index in [0.29, 0.717) is 36.0 Å². The lowest BCUT2D eigenvalue weighted by Gasteiger charge is -2.29. The van der Waals surface area contributed by atoms with Crippen molar-refractivity contribution in [1.29, 1.82) is 0 Å². The summed E-state index contributed by atoms with van der Waals surface area (Å²) in [6.45, 7) is 2.40. The third-order valence-corrected chi connectivity index (χ3v) is 5.12. The van der Waals surface area contributed by atoms with E-state index in [9.17, 15) is 9.59 Å². The zero-order chi connectivity index (χ0) is 20.1. The summed E-state index contributed by atoms with van der Waals surface area (Å²) in [5, 5.41) is 9.57. The summed E-state index contributed by atoms with van der Waals surface area (Å²) >= 11 is 6.27. The number of likely N-dealkylation sites (tertiary alicyclic amines) is 1. The number of anilines is 1. The van der Waals surface area contributed by atoms with Gasteiger partial charge in [-0.1, -0.05) is 35.9 Å². The Balaban J connectivity index is 1.60. The number of halogens is 1. The summed E-state index contributed by atoms with van der Waals surface area (Å²) in [4.78, 5) is 28.1. The van der Waals surface area contributed by atoms with Crippen LogP contribution in [0.1, 0.15) is 18.9 Å². The Labute approximate surface area is 169 Å². The van der Waals surface area contributed by atoms with Gasteiger partial charge in [-0.2, -0.15) is 0 Å². The van der Waals surface area contributed by atoms with Crippen LogP contribution in [0.15, 0.2) is 48.5 Å². The maximum atomic E-state index is 12.5. The maximum absolute atomic E-state index is 12.5. The molecule has 2 aromatic rings. The van der Waals surface area contributed by atoms with E-state index >= 15 is 0 Å². The van der Waals surface area contributed by atoms with Gasteiger partial charge >= 0.3 is 0 Å². The second-order valence-corrected chi connectivity index (χ2v) is 7.12. The summed E-state index contributed by atoms with van der Waals surface area (Å²) in [7, 11) is 0. The second kappa shape index (κ2) is 9.08. The Morgan fingerprint density at radius 2 is 1.93 bits per heavy atom. The van der Waals surface area contributed by atoms with Crippen LogP contribution in [0.3, 0.4) is 0 Å². The topological polar surface area (TPSA) is 70.1 Å². The molecule has 1 aliphatic rings. The molecule has 1 saturated heterocycles. The van der Waals surface area contributed by atoms with E-state index < -0.39 is 0 Å². The highest BCUT2D eigenvalue weighted by molar-refractivity contribution is 6.33. The van der Waals surface area contributed by atoms with Crippen LogP contribution in [0.2, 0.25) is 5.02 Å². The fourth-order valence-electron chi connectivity index (χ4n) is 3.38. The molecule has 0 aliphatic carbocycles. The first kappa shape index (κ1) is 20.2. The van der Waals surface area contributed by atoms with Crippen LogP contribution in [0.5, 0.6) is 5.75 Å². The molecule has 28 heavy (non-hydrogen) atoms. The normalized spacial score (nSPS) is 16.1. The fraction of sp³-hybridized carbons (Fsp3) is 0.333. The van der Waals surface area contributed by atoms with Crippen LogP contribution in [0.25, 0.3) is 0 Å². The number of amides is 2. The average molecular weight is 403 g/mol. The molecule has 2 aromatic carbocycles. The highest BCUT2D eigenvalue weighted by Crippen LogP contribution is 2.30. The number of para-hydroxylation sites is 1. The van der Waals surface area contributed by atoms with Crippen LogP contribution >= 0.6 is 11.6 Å². The second-order valence-electron chi connectivity index (χ2n) is 6.71. The molecule has 1 unspecified atom stereocenters. The van der Waals surface area contributed by atoms with Crippen molar-refractivity contribution in [3.63, 3.8) is 0 Å². The highest BCUT2D eigenvalue weighted by atomic mass is 35.5. The van der Waals surface area contributed by atoms with Gasteiger partial charge in [-0.25, -0.2) is 0 Å². The lowest BCUT2D eigenvalue weighted by Crippen LogP contribution is -2.42. The van der Waals surface area contributed by atoms with E-state index in [1.54, 1.807) is 40.1 Å². The molecule has 1 aliphatic heterocycles. The van der Waals surface area contributed by atoms with E-state index in [1.807, 2.05) is 18.2 Å². The molecule has 1 atom stereocenters. The Bertz CT molecular complexity index is 841. The van der Waals surface area contributed by atoms with Gasteiger partial charge in [0.1, 0.15) is 5.75 Å². The van der Waals surface area contributed by atoms with Crippen LogP contribution in [0.4, 0.5) is 5.69 Å². The summed E-state index contributed by atoms with van der Waals surface area (Å²) in [5.41, 5.74) is 1.45. The van der Waals surface area contributed by atoms with Crippen LogP contribution < -0.4 is 9.64 Å². The number of rotatable bonds is 6. The molecule has 7 heteroatoms. The molecule has 3 rings (SSSR count). The zero-order valence-electron chi connectivity index (χ0n) is 15.7. The summed E-state index contributed by atoms with van der Waals surface area (Å²) < 4.78 is 5.55. The largest absolute Gasteiger partial charge is 0.484 e. The number of carbonyl (C=O) groups is 2. The van der Waals surface area contributed by atoms with Gasteiger partial charge in [0.2, 0.25) is 5.91 Å². The van der Waals surface area contributed by atoms with Gasteiger partial charge in [0.15, 0.2) is 6.61 Å². The van der Waals surface area contributed by atoms with Crippen molar-refractivity contribution in [2.24, 2.45) is 0 Å². The number of benzene rings is 2. The minimum Gasteiger partial charge on any atom is -0.484 e. The van der Waals surface area contributed by atoms with Crippen molar-refractivity contribution in [1.82, 2.24) is 4.90 Å². The first-order valence-corrected chi connectivity index (χ1v) is 9.52. The highest BCUT2D eigenvalue weighted by Gasteiger charge is 2.33. The molecular weight excluding hydrogens is 380 g/mol. The van der Waals surface area contributed by atoms with Gasteiger partial charge in [-0.15, -0.1) is 0 Å². The number of carbonyl (C=O) groups excluding carboxylic acids is 2. The van der Waals surface area contributed by atoms with Gasteiger partial charge in [0.25, 0.3) is 5.91 Å². The number of aliphatic hydroxyl groups excluding tert-OH is 1. The Hall–Kier alpha value is -2.57. The van der Waals surface area contributed by atoms with Gasteiger partial charge in [-0.05, 0) is 36.2 Å². The molecule has 0 aromatic heterocycles. The number of aliphatic hydroxyl groups is 1. The van der Waals surface area contributed by atoms with Crippen molar-refractivity contribution in [3.05, 3.63) is 59.1 Å². The van der Waals surface area contributed by atoms with Crippen molar-refractivity contribution in [3.8, 4) is 5.75 Å². The van der Waals surface area contributed by atoms with Crippen molar-refractivity contribution < 1.29 is 19.4 Å². The van der Waals surface area contributed by atoms with Gasteiger partial charge < -0.3 is 19.6 Å². The lowest BCUT2D eigenvalue weighted by atomic mass is 10.2. The Morgan fingerprint density at radius 1 is 1.21 bits per heavy atom. The minimum atomic E-state index is -0.128. The first-order valence-electron chi connectivity index (χ1n) is 9.14. The molecule has 0 radical (unpaired) electrons. The molecule has 1 heterocycles. The van der Waals surface area contributed by atoms with Crippen molar-refractivity contribution >= 4 is 29.1 Å². The lowest BCUT2D eigenvalue weighted by molar-refractivity contribution is -0.132. The maximum Gasteiger partial charge on any atom is 0.260 e. The summed E-state index contributed by atoms with van der Waals surface area (Å²) in [6, 6.07) is 14.0. The fourth-order valence-corrected chi connectivity index (χ4v) is 3.60. The number of hydrogen-bond donors (Lipinski definition) is 1. The predicted octanol–water partition coefficient (Wildman–Crippen LogP) is 2.87. The molecule has 148 valence electrons. The average Bonchev–Trinajstić information content (AvgIpc) is 3.17. The van der Waals surface area contributed by atoms with Gasteiger partial charge in [0, 0.05) is 20.0 Å². The Morgan fingerprint density at radius 3 is 2.57 bits per heavy atom. The smallest absolute Gasteiger partial charge is 0.260 e. The minimum absolute atomic E-state index is 0.0353. The van der Waals surface area contributed by atoms with E-state index in [-0.39, 0.29) is 31.1 Å².